The summed E-state index contributed by atoms with van der Waals surface area (Å²) >= 11 is 0. The van der Waals surface area contributed by atoms with Gasteiger partial charge in [-0.15, -0.1) is 0 Å². The molecular weight excluding hydrogens is 480 g/mol. The van der Waals surface area contributed by atoms with Gasteiger partial charge >= 0.3 is 0 Å². The third kappa shape index (κ3) is 7.92. The van der Waals surface area contributed by atoms with Gasteiger partial charge < -0.3 is 20.9 Å². The number of aromatic amines is 1. The van der Waals surface area contributed by atoms with Gasteiger partial charge in [0.05, 0.1) is 30.3 Å². The summed E-state index contributed by atoms with van der Waals surface area (Å²) < 4.78 is 0. The Hall–Kier alpha value is -3.66. The average molecular weight is 521 g/mol. The first-order chi connectivity index (χ1) is 18.9. The predicted molar refractivity (Wildman–Crippen MR) is 161 cm³/mol. The van der Waals surface area contributed by atoms with Crippen LogP contribution in [-0.2, 0) is 6.54 Å². The molecule has 202 valence electrons. The van der Waals surface area contributed by atoms with Crippen LogP contribution in [-0.4, -0.2) is 42.9 Å². The van der Waals surface area contributed by atoms with E-state index in [0.29, 0.717) is 10.8 Å². The highest BCUT2D eigenvalue weighted by Crippen LogP contribution is 2.44. The summed E-state index contributed by atoms with van der Waals surface area (Å²) in [6.07, 6.45) is 11.0. The monoisotopic (exact) mass is 520 g/mol. The molecule has 4 N–H and O–H groups in total. The molecule has 0 atom stereocenters. The maximum Gasteiger partial charge on any atom is 0.120 e. The standard InChI is InChI=1S/C33H40N6/c1-32(14-15-32)23-36-19-18-35-20-29(34-3)27-10-6-25(7-11-27)4-5-26-8-12-28(13-9-26)30-21-38-31(39-30)22-37-24-33(2)16-17-33/h6-13,18,20-21,34,36-37H,14-17,19,22-24H2,1-3H3,(H,38,39)/b29-20-,35-18?. The molecule has 2 saturated carbocycles. The minimum absolute atomic E-state index is 0.501. The van der Waals surface area contributed by atoms with Crippen molar-refractivity contribution in [1.82, 2.24) is 25.9 Å². The molecule has 2 aromatic carbocycles. The van der Waals surface area contributed by atoms with Crippen LogP contribution < -0.4 is 16.0 Å². The van der Waals surface area contributed by atoms with Crippen molar-refractivity contribution < 1.29 is 0 Å². The second-order valence-electron chi connectivity index (χ2n) is 11.6. The number of hydrogen-bond acceptors (Lipinski definition) is 5. The Morgan fingerprint density at radius 3 is 2.15 bits per heavy atom. The van der Waals surface area contributed by atoms with Crippen molar-refractivity contribution >= 4 is 11.9 Å². The van der Waals surface area contributed by atoms with E-state index >= 15 is 0 Å². The molecule has 1 heterocycles. The Morgan fingerprint density at radius 2 is 1.54 bits per heavy atom. The number of hydrogen-bond donors (Lipinski definition) is 4. The van der Waals surface area contributed by atoms with E-state index in [1.807, 2.05) is 37.8 Å². The van der Waals surface area contributed by atoms with Crippen molar-refractivity contribution in [3.63, 3.8) is 0 Å². The third-order valence-corrected chi connectivity index (χ3v) is 7.79. The topological polar surface area (TPSA) is 77.1 Å². The van der Waals surface area contributed by atoms with Crippen molar-refractivity contribution in [3.05, 3.63) is 83.4 Å². The zero-order valence-corrected chi connectivity index (χ0v) is 23.4. The van der Waals surface area contributed by atoms with Crippen LogP contribution in [0, 0.1) is 22.7 Å². The normalized spacial score (nSPS) is 17.1. The Labute approximate surface area is 232 Å². The Balaban J connectivity index is 1.12. The maximum atomic E-state index is 4.53. The summed E-state index contributed by atoms with van der Waals surface area (Å²) in [6.45, 7) is 8.34. The number of nitrogens with one attached hydrogen (secondary N) is 4. The predicted octanol–water partition coefficient (Wildman–Crippen LogP) is 5.34. The van der Waals surface area contributed by atoms with Crippen molar-refractivity contribution in [2.75, 3.05) is 26.7 Å². The smallest absolute Gasteiger partial charge is 0.120 e. The average Bonchev–Trinajstić information content (AvgIpc) is 3.82. The van der Waals surface area contributed by atoms with E-state index in [1.54, 1.807) is 0 Å². The number of aliphatic imine (C=N–C) groups is 1. The lowest BCUT2D eigenvalue weighted by Crippen LogP contribution is -2.23. The van der Waals surface area contributed by atoms with Gasteiger partial charge in [-0.1, -0.05) is 50.0 Å². The fraction of sp³-hybridized carbons (Fsp3) is 0.394. The summed E-state index contributed by atoms with van der Waals surface area (Å²) in [5.41, 5.74) is 7.18. The van der Waals surface area contributed by atoms with E-state index in [4.69, 9.17) is 0 Å². The van der Waals surface area contributed by atoms with Gasteiger partial charge in [0.25, 0.3) is 0 Å². The summed E-state index contributed by atoms with van der Waals surface area (Å²) in [7, 11) is 1.92. The minimum atomic E-state index is 0.501. The fourth-order valence-electron chi connectivity index (χ4n) is 4.37. The van der Waals surface area contributed by atoms with Crippen LogP contribution in [0.1, 0.15) is 62.0 Å². The largest absolute Gasteiger partial charge is 0.386 e. The third-order valence-electron chi connectivity index (χ3n) is 7.79. The lowest BCUT2D eigenvalue weighted by atomic mass is 10.1. The second kappa shape index (κ2) is 12.0. The van der Waals surface area contributed by atoms with Gasteiger partial charge in [0.2, 0.25) is 0 Å². The van der Waals surface area contributed by atoms with Gasteiger partial charge in [-0.25, -0.2) is 4.98 Å². The summed E-state index contributed by atoms with van der Waals surface area (Å²) in [5, 5.41) is 10.2. The molecular formula is C33H40N6. The van der Waals surface area contributed by atoms with Gasteiger partial charge in [0.1, 0.15) is 5.82 Å². The molecule has 39 heavy (non-hydrogen) atoms. The van der Waals surface area contributed by atoms with E-state index in [9.17, 15) is 0 Å². The van der Waals surface area contributed by atoms with Crippen LogP contribution in [0.15, 0.2) is 65.9 Å². The molecule has 0 saturated heterocycles. The highest BCUT2D eigenvalue weighted by molar-refractivity contribution is 5.68. The molecule has 0 unspecified atom stereocenters. The van der Waals surface area contributed by atoms with Crippen LogP contribution >= 0.6 is 0 Å². The highest BCUT2D eigenvalue weighted by Gasteiger charge is 2.36. The Kier molecular flexibility index (Phi) is 8.30. The molecule has 0 amide bonds. The van der Waals surface area contributed by atoms with Gasteiger partial charge in [-0.05, 0) is 71.9 Å². The summed E-state index contributed by atoms with van der Waals surface area (Å²) in [4.78, 5) is 12.4. The first kappa shape index (κ1) is 26.9. The molecule has 3 aromatic rings. The van der Waals surface area contributed by atoms with E-state index in [2.05, 4.69) is 93.0 Å². The molecule has 2 fully saturated rings. The van der Waals surface area contributed by atoms with Crippen LogP contribution in [0.5, 0.6) is 0 Å². The first-order valence-electron chi connectivity index (χ1n) is 14.0. The van der Waals surface area contributed by atoms with Gasteiger partial charge in [-0.2, -0.15) is 0 Å². The van der Waals surface area contributed by atoms with Crippen molar-refractivity contribution in [3.8, 4) is 23.1 Å². The second-order valence-corrected chi connectivity index (χ2v) is 11.6. The fourth-order valence-corrected chi connectivity index (χ4v) is 4.37. The summed E-state index contributed by atoms with van der Waals surface area (Å²) in [6, 6.07) is 16.6. The van der Waals surface area contributed by atoms with E-state index in [1.165, 1.54) is 25.7 Å². The Bertz CT molecular complexity index is 1360. The number of imidazole rings is 1. The van der Waals surface area contributed by atoms with Crippen molar-refractivity contribution in [2.24, 2.45) is 15.8 Å². The lowest BCUT2D eigenvalue weighted by molar-refractivity contribution is 0.494. The zero-order chi connectivity index (χ0) is 27.1. The molecule has 1 aromatic heterocycles. The minimum Gasteiger partial charge on any atom is -0.386 e. The van der Waals surface area contributed by atoms with E-state index in [-0.39, 0.29) is 0 Å². The van der Waals surface area contributed by atoms with Crippen LogP contribution in [0.3, 0.4) is 0 Å². The molecule has 0 aliphatic heterocycles. The molecule has 0 bridgehead atoms. The van der Waals surface area contributed by atoms with Crippen LogP contribution in [0.2, 0.25) is 0 Å². The van der Waals surface area contributed by atoms with E-state index < -0.39 is 0 Å². The number of rotatable bonds is 12. The molecule has 6 nitrogen and oxygen atoms in total. The van der Waals surface area contributed by atoms with Gasteiger partial charge in [0.15, 0.2) is 0 Å². The molecule has 5 rings (SSSR count). The van der Waals surface area contributed by atoms with Crippen molar-refractivity contribution in [1.29, 1.82) is 0 Å². The number of benzene rings is 2. The maximum absolute atomic E-state index is 4.53. The molecule has 2 aliphatic carbocycles. The highest BCUT2D eigenvalue weighted by atomic mass is 15.0. The van der Waals surface area contributed by atoms with Crippen LogP contribution in [0.25, 0.3) is 17.0 Å². The summed E-state index contributed by atoms with van der Waals surface area (Å²) in [5.74, 6) is 7.53. The molecule has 0 radical (unpaired) electrons. The number of H-pyrrole nitrogens is 1. The number of nitrogens with zero attached hydrogens (tertiary/aromatic N) is 2. The quantitative estimate of drug-likeness (QED) is 0.148. The molecule has 6 heteroatoms. The zero-order valence-electron chi connectivity index (χ0n) is 23.4. The van der Waals surface area contributed by atoms with Gasteiger partial charge in [0, 0.05) is 44.0 Å². The van der Waals surface area contributed by atoms with Gasteiger partial charge in [-0.3, -0.25) is 4.99 Å². The van der Waals surface area contributed by atoms with Crippen LogP contribution in [0.4, 0.5) is 0 Å². The molecule has 0 spiro atoms. The Morgan fingerprint density at radius 1 is 0.923 bits per heavy atom. The SMILES string of the molecule is CN/C(=C\N=CCNCC1(C)CC1)c1ccc(C#Cc2ccc(-c3cnc(CNCC4(C)CC4)[nH]3)cc2)cc1. The molecule has 2 aliphatic rings. The number of aromatic nitrogens is 2. The first-order valence-corrected chi connectivity index (χ1v) is 14.0. The lowest BCUT2D eigenvalue weighted by Gasteiger charge is -2.08. The van der Waals surface area contributed by atoms with E-state index in [0.717, 1.165) is 65.6 Å². The van der Waals surface area contributed by atoms with Crippen molar-refractivity contribution in [2.45, 2.75) is 46.1 Å².